The van der Waals surface area contributed by atoms with Gasteiger partial charge in [0, 0.05) is 37.9 Å². The molecule has 1 aromatic heterocycles. The molecular formula is C23H25F3N4O4. The molecule has 2 amide bonds. The van der Waals surface area contributed by atoms with Crippen molar-refractivity contribution in [3.05, 3.63) is 57.5 Å². The van der Waals surface area contributed by atoms with E-state index in [0.29, 0.717) is 51.4 Å². The van der Waals surface area contributed by atoms with Gasteiger partial charge in [0.05, 0.1) is 30.4 Å². The number of nitrogens with zero attached hydrogens (tertiary/aromatic N) is 4. The maximum Gasteiger partial charge on any atom is 0.416 e. The molecule has 1 atom stereocenters. The Balaban J connectivity index is 1.59. The first-order chi connectivity index (χ1) is 16.1. The summed E-state index contributed by atoms with van der Waals surface area (Å²) in [4.78, 5) is 41.9. The second-order valence-corrected chi connectivity index (χ2v) is 8.49. The van der Waals surface area contributed by atoms with Crippen molar-refractivity contribution in [3.8, 4) is 5.69 Å². The van der Waals surface area contributed by atoms with Gasteiger partial charge in [-0.15, -0.1) is 0 Å². The van der Waals surface area contributed by atoms with Crippen LogP contribution in [0, 0.1) is 12.8 Å². The van der Waals surface area contributed by atoms with Crippen LogP contribution < -0.4 is 5.43 Å². The Morgan fingerprint density at radius 1 is 1.09 bits per heavy atom. The summed E-state index contributed by atoms with van der Waals surface area (Å²) in [6.07, 6.45) is -3.31. The van der Waals surface area contributed by atoms with Gasteiger partial charge in [-0.25, -0.2) is 4.68 Å². The normalized spacial score (nSPS) is 19.2. The predicted molar refractivity (Wildman–Crippen MR) is 116 cm³/mol. The summed E-state index contributed by atoms with van der Waals surface area (Å²) >= 11 is 0. The van der Waals surface area contributed by atoms with E-state index in [1.54, 1.807) is 4.90 Å². The van der Waals surface area contributed by atoms with E-state index < -0.39 is 23.1 Å². The maximum absolute atomic E-state index is 13.2. The number of ether oxygens (including phenoxy) is 1. The quantitative estimate of drug-likeness (QED) is 0.676. The molecule has 2 aliphatic heterocycles. The molecule has 0 spiro atoms. The summed E-state index contributed by atoms with van der Waals surface area (Å²) in [7, 11) is 0. The first kappa shape index (κ1) is 23.9. The van der Waals surface area contributed by atoms with Crippen molar-refractivity contribution in [3.63, 3.8) is 0 Å². The summed E-state index contributed by atoms with van der Waals surface area (Å²) in [5.41, 5.74) is -1.49. The Labute approximate surface area is 193 Å². The van der Waals surface area contributed by atoms with Crippen molar-refractivity contribution >= 4 is 11.8 Å². The molecule has 34 heavy (non-hydrogen) atoms. The lowest BCUT2D eigenvalue weighted by molar-refractivity contribution is -0.141. The number of aromatic nitrogens is 2. The van der Waals surface area contributed by atoms with Crippen molar-refractivity contribution < 1.29 is 27.5 Å². The minimum atomic E-state index is -4.54. The van der Waals surface area contributed by atoms with Crippen molar-refractivity contribution in [1.29, 1.82) is 0 Å². The first-order valence-electron chi connectivity index (χ1n) is 11.1. The number of piperidine rings is 1. The van der Waals surface area contributed by atoms with Gasteiger partial charge in [0.15, 0.2) is 5.69 Å². The van der Waals surface area contributed by atoms with Crippen LogP contribution in [0.15, 0.2) is 35.1 Å². The van der Waals surface area contributed by atoms with Crippen LogP contribution >= 0.6 is 0 Å². The lowest BCUT2D eigenvalue weighted by atomic mass is 9.96. The third kappa shape index (κ3) is 4.98. The SMILES string of the molecule is Cc1cc(=O)c(C(=O)N2CCCC(C(=O)N3CCOCC3)C2)nn1-c1cccc(C(F)(F)F)c1. The zero-order valence-corrected chi connectivity index (χ0v) is 18.7. The second-order valence-electron chi connectivity index (χ2n) is 8.49. The molecule has 2 saturated heterocycles. The fourth-order valence-corrected chi connectivity index (χ4v) is 4.33. The molecule has 1 aromatic carbocycles. The van der Waals surface area contributed by atoms with Crippen LogP contribution in [-0.2, 0) is 15.7 Å². The number of likely N-dealkylation sites (tertiary alicyclic amines) is 1. The predicted octanol–water partition coefficient (Wildman–Crippen LogP) is 2.27. The van der Waals surface area contributed by atoms with E-state index in [9.17, 15) is 27.6 Å². The second kappa shape index (κ2) is 9.57. The fraction of sp³-hybridized carbons (Fsp3) is 0.478. The summed E-state index contributed by atoms with van der Waals surface area (Å²) in [6.45, 7) is 4.01. The molecule has 0 bridgehead atoms. The molecule has 2 fully saturated rings. The topological polar surface area (TPSA) is 84.7 Å². The Morgan fingerprint density at radius 2 is 1.82 bits per heavy atom. The number of benzene rings is 1. The Morgan fingerprint density at radius 3 is 2.53 bits per heavy atom. The molecular weight excluding hydrogens is 453 g/mol. The molecule has 4 rings (SSSR count). The Bertz CT molecular complexity index is 1140. The van der Waals surface area contributed by atoms with Crippen LogP contribution in [-0.4, -0.2) is 70.8 Å². The van der Waals surface area contributed by atoms with E-state index in [4.69, 9.17) is 4.74 Å². The highest BCUT2D eigenvalue weighted by Crippen LogP contribution is 2.30. The average molecular weight is 478 g/mol. The fourth-order valence-electron chi connectivity index (χ4n) is 4.33. The van der Waals surface area contributed by atoms with E-state index in [-0.39, 0.29) is 29.8 Å². The van der Waals surface area contributed by atoms with Crippen molar-refractivity contribution in [1.82, 2.24) is 19.6 Å². The zero-order chi connectivity index (χ0) is 24.5. The molecule has 2 aromatic rings. The molecule has 0 aliphatic carbocycles. The number of aryl methyl sites for hydroxylation is 1. The summed E-state index contributed by atoms with van der Waals surface area (Å²) in [6, 6.07) is 5.70. The number of carbonyl (C=O) groups is 2. The van der Waals surface area contributed by atoms with Crippen LogP contribution in [0.4, 0.5) is 13.2 Å². The molecule has 1 unspecified atom stereocenters. The number of amides is 2. The average Bonchev–Trinajstić information content (AvgIpc) is 2.83. The number of alkyl halides is 3. The van der Waals surface area contributed by atoms with Gasteiger partial charge < -0.3 is 14.5 Å². The molecule has 0 radical (unpaired) electrons. The molecule has 3 heterocycles. The van der Waals surface area contributed by atoms with Gasteiger partial charge in [0.2, 0.25) is 11.3 Å². The summed E-state index contributed by atoms with van der Waals surface area (Å²) in [5, 5.41) is 4.13. The molecule has 182 valence electrons. The van der Waals surface area contributed by atoms with Gasteiger partial charge >= 0.3 is 6.18 Å². The Kier molecular flexibility index (Phi) is 6.74. The van der Waals surface area contributed by atoms with Gasteiger partial charge in [-0.3, -0.25) is 14.4 Å². The van der Waals surface area contributed by atoms with E-state index in [2.05, 4.69) is 5.10 Å². The van der Waals surface area contributed by atoms with E-state index in [0.717, 1.165) is 16.8 Å². The smallest absolute Gasteiger partial charge is 0.378 e. The highest BCUT2D eigenvalue weighted by molar-refractivity contribution is 5.92. The van der Waals surface area contributed by atoms with E-state index in [1.807, 2.05) is 0 Å². The number of morpholine rings is 1. The van der Waals surface area contributed by atoms with Crippen molar-refractivity contribution in [2.24, 2.45) is 5.92 Å². The van der Waals surface area contributed by atoms with Gasteiger partial charge in [-0.1, -0.05) is 6.07 Å². The monoisotopic (exact) mass is 478 g/mol. The van der Waals surface area contributed by atoms with Crippen molar-refractivity contribution in [2.45, 2.75) is 25.9 Å². The minimum absolute atomic E-state index is 0.0426. The van der Waals surface area contributed by atoms with Gasteiger partial charge in [0.1, 0.15) is 0 Å². The number of hydrogen-bond donors (Lipinski definition) is 0. The van der Waals surface area contributed by atoms with Gasteiger partial charge in [-0.05, 0) is 38.0 Å². The molecule has 0 saturated carbocycles. The van der Waals surface area contributed by atoms with Crippen LogP contribution in [0.2, 0.25) is 0 Å². The number of carbonyl (C=O) groups excluding carboxylic acids is 2. The number of rotatable bonds is 3. The van der Waals surface area contributed by atoms with E-state index >= 15 is 0 Å². The molecule has 8 nitrogen and oxygen atoms in total. The summed E-state index contributed by atoms with van der Waals surface area (Å²) < 4.78 is 45.9. The highest BCUT2D eigenvalue weighted by Gasteiger charge is 2.34. The van der Waals surface area contributed by atoms with Crippen LogP contribution in [0.3, 0.4) is 0 Å². The largest absolute Gasteiger partial charge is 0.416 e. The number of halogens is 3. The number of hydrogen-bond acceptors (Lipinski definition) is 5. The lowest BCUT2D eigenvalue weighted by Gasteiger charge is -2.36. The van der Waals surface area contributed by atoms with Crippen LogP contribution in [0.5, 0.6) is 0 Å². The van der Waals surface area contributed by atoms with Crippen LogP contribution in [0.25, 0.3) is 5.69 Å². The third-order valence-electron chi connectivity index (χ3n) is 6.11. The third-order valence-corrected chi connectivity index (χ3v) is 6.11. The van der Waals surface area contributed by atoms with Gasteiger partial charge in [-0.2, -0.15) is 18.3 Å². The molecule has 2 aliphatic rings. The standard InChI is InChI=1S/C23H25F3N4O4/c1-15-12-19(31)20(27-30(15)18-6-2-5-17(13-18)23(24,25)26)22(33)29-7-3-4-16(14-29)21(32)28-8-10-34-11-9-28/h2,5-6,12-13,16H,3-4,7-11,14H2,1H3. The van der Waals surface area contributed by atoms with E-state index in [1.165, 1.54) is 30.0 Å². The first-order valence-corrected chi connectivity index (χ1v) is 11.1. The Hall–Kier alpha value is -3.21. The highest BCUT2D eigenvalue weighted by atomic mass is 19.4. The van der Waals surface area contributed by atoms with Crippen LogP contribution in [0.1, 0.15) is 34.6 Å². The van der Waals surface area contributed by atoms with Crippen molar-refractivity contribution in [2.75, 3.05) is 39.4 Å². The zero-order valence-electron chi connectivity index (χ0n) is 18.7. The minimum Gasteiger partial charge on any atom is -0.378 e. The molecule has 11 heteroatoms. The van der Waals surface area contributed by atoms with Gasteiger partial charge in [0.25, 0.3) is 5.91 Å². The maximum atomic E-state index is 13.2. The lowest BCUT2D eigenvalue weighted by Crippen LogP contribution is -2.50. The summed E-state index contributed by atoms with van der Waals surface area (Å²) in [5.74, 6) is -1.06. The molecule has 0 N–H and O–H groups in total.